The molecule has 0 radical (unpaired) electrons. The minimum absolute atomic E-state index is 0.133. The zero-order valence-corrected chi connectivity index (χ0v) is 15.5. The molecule has 1 saturated carbocycles. The lowest BCUT2D eigenvalue weighted by Gasteiger charge is -2.35. The van der Waals surface area contributed by atoms with Gasteiger partial charge in [0.1, 0.15) is 12.1 Å². The molecule has 26 heavy (non-hydrogen) atoms. The summed E-state index contributed by atoms with van der Waals surface area (Å²) in [6.07, 6.45) is 5.37. The van der Waals surface area contributed by atoms with Crippen LogP contribution in [-0.4, -0.2) is 46.2 Å². The molecule has 1 aliphatic carbocycles. The summed E-state index contributed by atoms with van der Waals surface area (Å²) in [6, 6.07) is 4.36. The second kappa shape index (κ2) is 7.72. The maximum absolute atomic E-state index is 12.1. The van der Waals surface area contributed by atoms with Crippen LogP contribution in [0.3, 0.4) is 0 Å². The lowest BCUT2D eigenvalue weighted by Crippen LogP contribution is -2.43. The molecule has 7 heteroatoms. The summed E-state index contributed by atoms with van der Waals surface area (Å²) < 4.78 is 0. The third-order valence-electron chi connectivity index (χ3n) is 5.30. The van der Waals surface area contributed by atoms with E-state index in [9.17, 15) is 9.90 Å². The number of anilines is 1. The van der Waals surface area contributed by atoms with Crippen LogP contribution in [0.4, 0.5) is 5.82 Å². The van der Waals surface area contributed by atoms with Crippen molar-refractivity contribution in [1.29, 1.82) is 0 Å². The van der Waals surface area contributed by atoms with Crippen LogP contribution >= 0.6 is 11.3 Å². The van der Waals surface area contributed by atoms with E-state index in [0.29, 0.717) is 18.9 Å². The number of carbonyl (C=O) groups excluding carboxylic acids is 1. The predicted octanol–water partition coefficient (Wildman–Crippen LogP) is 2.10. The Morgan fingerprint density at radius 2 is 2.27 bits per heavy atom. The van der Waals surface area contributed by atoms with Crippen LogP contribution in [0.2, 0.25) is 0 Å². The average Bonchev–Trinajstić information content (AvgIpc) is 3.27. The summed E-state index contributed by atoms with van der Waals surface area (Å²) in [6.45, 7) is 1.48. The number of hydrogen-bond acceptors (Lipinski definition) is 6. The summed E-state index contributed by atoms with van der Waals surface area (Å²) in [7, 11) is 0. The van der Waals surface area contributed by atoms with Gasteiger partial charge in [0.2, 0.25) is 5.91 Å². The number of thiophene rings is 1. The molecule has 1 atom stereocenters. The van der Waals surface area contributed by atoms with Crippen LogP contribution in [0.15, 0.2) is 29.2 Å². The Kier molecular flexibility index (Phi) is 5.17. The van der Waals surface area contributed by atoms with Gasteiger partial charge in [0, 0.05) is 43.2 Å². The van der Waals surface area contributed by atoms with Gasteiger partial charge in [-0.15, -0.1) is 0 Å². The van der Waals surface area contributed by atoms with Gasteiger partial charge in [-0.1, -0.05) is 0 Å². The van der Waals surface area contributed by atoms with Gasteiger partial charge in [-0.2, -0.15) is 11.3 Å². The van der Waals surface area contributed by atoms with Gasteiger partial charge in [-0.3, -0.25) is 4.79 Å². The van der Waals surface area contributed by atoms with Crippen molar-refractivity contribution in [2.45, 2.75) is 50.2 Å². The Bertz CT molecular complexity index is 746. The molecule has 0 spiro atoms. The number of β-amino-alcohol motifs (C(OH)–C–C–N with tert-alkyl or cyclic N) is 1. The molecule has 2 aliphatic rings. The number of carbonyl (C=O) groups is 1. The first-order valence-corrected chi connectivity index (χ1v) is 10.2. The normalized spacial score (nSPS) is 25.1. The number of hydrogen-bond donors (Lipinski definition) is 2. The summed E-state index contributed by atoms with van der Waals surface area (Å²) in [4.78, 5) is 23.0. The molecule has 4 rings (SSSR count). The largest absolute Gasteiger partial charge is 0.391 e. The predicted molar refractivity (Wildman–Crippen MR) is 101 cm³/mol. The molecule has 1 saturated heterocycles. The van der Waals surface area contributed by atoms with Gasteiger partial charge in [0.15, 0.2) is 0 Å². The second-order valence-corrected chi connectivity index (χ2v) is 8.03. The number of aryl methyl sites for hydroxylation is 1. The van der Waals surface area contributed by atoms with Crippen molar-refractivity contribution < 1.29 is 9.90 Å². The Morgan fingerprint density at radius 3 is 3.00 bits per heavy atom. The highest BCUT2D eigenvalue weighted by Crippen LogP contribution is 2.36. The summed E-state index contributed by atoms with van der Waals surface area (Å²) in [5, 5.41) is 17.0. The molecule has 1 aliphatic heterocycles. The molecule has 1 amide bonds. The van der Waals surface area contributed by atoms with Crippen LogP contribution < -0.4 is 10.2 Å². The average molecular weight is 372 g/mol. The van der Waals surface area contributed by atoms with Gasteiger partial charge in [0.25, 0.3) is 0 Å². The first kappa shape index (κ1) is 17.4. The Morgan fingerprint density at radius 1 is 1.38 bits per heavy atom. The van der Waals surface area contributed by atoms with Gasteiger partial charge in [0.05, 0.1) is 6.10 Å². The quantitative estimate of drug-likeness (QED) is 0.812. The van der Waals surface area contributed by atoms with Gasteiger partial charge in [-0.05, 0) is 48.1 Å². The summed E-state index contributed by atoms with van der Waals surface area (Å²) >= 11 is 1.67. The molecular formula is C19H24N4O2S. The van der Waals surface area contributed by atoms with Crippen molar-refractivity contribution in [3.8, 4) is 0 Å². The smallest absolute Gasteiger partial charge is 0.220 e. The standard InChI is InChI=1S/C19H24N4O2S/c24-16-3-5-23(10-16)18-9-17(20-12-21-18)14-7-15(8-14)22-19(25)2-1-13-4-6-26-11-13/h4,6,9,11-12,14-16,24H,1-3,5,7-8,10H2,(H,22,25)/t14?,15?,16-/m1/s1. The maximum atomic E-state index is 12.1. The monoisotopic (exact) mass is 372 g/mol. The number of aromatic nitrogens is 2. The van der Waals surface area contributed by atoms with Crippen molar-refractivity contribution in [3.63, 3.8) is 0 Å². The molecule has 0 bridgehead atoms. The first-order chi connectivity index (χ1) is 12.7. The maximum Gasteiger partial charge on any atom is 0.220 e. The van der Waals surface area contributed by atoms with E-state index >= 15 is 0 Å². The highest BCUT2D eigenvalue weighted by atomic mass is 32.1. The van der Waals surface area contributed by atoms with Crippen molar-refractivity contribution in [2.75, 3.05) is 18.0 Å². The SMILES string of the molecule is O=C(CCc1ccsc1)NC1CC(c2cc(N3CC[C@@H](O)C3)ncn2)C1. The van der Waals surface area contributed by atoms with Gasteiger partial charge >= 0.3 is 0 Å². The van der Waals surface area contributed by atoms with E-state index in [4.69, 9.17) is 0 Å². The third kappa shape index (κ3) is 4.04. The number of rotatable bonds is 6. The van der Waals surface area contributed by atoms with Crippen LogP contribution in [0, 0.1) is 0 Å². The number of nitrogens with one attached hydrogen (secondary N) is 1. The van der Waals surface area contributed by atoms with Gasteiger partial charge < -0.3 is 15.3 Å². The number of amides is 1. The lowest BCUT2D eigenvalue weighted by atomic mass is 9.78. The Labute approximate surface area is 157 Å². The topological polar surface area (TPSA) is 78.4 Å². The summed E-state index contributed by atoms with van der Waals surface area (Å²) in [5.41, 5.74) is 2.28. The van der Waals surface area contributed by atoms with E-state index in [1.54, 1.807) is 17.7 Å². The Hall–Kier alpha value is -1.99. The van der Waals surface area contributed by atoms with Gasteiger partial charge in [-0.25, -0.2) is 9.97 Å². The van der Waals surface area contributed by atoms with Crippen molar-refractivity contribution in [3.05, 3.63) is 40.5 Å². The van der Waals surface area contributed by atoms with Crippen LogP contribution in [0.1, 0.15) is 42.9 Å². The molecule has 3 heterocycles. The minimum Gasteiger partial charge on any atom is -0.391 e. The van der Waals surface area contributed by atoms with Crippen LogP contribution in [-0.2, 0) is 11.2 Å². The highest BCUT2D eigenvalue weighted by molar-refractivity contribution is 7.07. The molecule has 6 nitrogen and oxygen atoms in total. The number of nitrogens with zero attached hydrogens (tertiary/aromatic N) is 3. The second-order valence-electron chi connectivity index (χ2n) is 7.25. The lowest BCUT2D eigenvalue weighted by molar-refractivity contribution is -0.122. The molecule has 2 N–H and O–H groups in total. The Balaban J connectivity index is 1.25. The van der Waals surface area contributed by atoms with Crippen LogP contribution in [0.5, 0.6) is 0 Å². The molecule has 2 aromatic heterocycles. The fraction of sp³-hybridized carbons (Fsp3) is 0.526. The molecule has 138 valence electrons. The van der Waals surface area contributed by atoms with E-state index in [2.05, 4.69) is 31.6 Å². The van der Waals surface area contributed by atoms with Crippen molar-refractivity contribution in [1.82, 2.24) is 15.3 Å². The third-order valence-corrected chi connectivity index (χ3v) is 6.04. The molecule has 0 unspecified atom stereocenters. The molecule has 0 aromatic carbocycles. The molecule has 2 aromatic rings. The van der Waals surface area contributed by atoms with E-state index in [0.717, 1.165) is 43.7 Å². The zero-order valence-electron chi connectivity index (χ0n) is 14.7. The van der Waals surface area contributed by atoms with E-state index < -0.39 is 0 Å². The van der Waals surface area contributed by atoms with E-state index in [-0.39, 0.29) is 18.1 Å². The van der Waals surface area contributed by atoms with E-state index in [1.807, 2.05) is 11.4 Å². The van der Waals surface area contributed by atoms with Crippen LogP contribution in [0.25, 0.3) is 0 Å². The van der Waals surface area contributed by atoms with Crippen molar-refractivity contribution >= 4 is 23.1 Å². The molecular weight excluding hydrogens is 348 g/mol. The fourth-order valence-corrected chi connectivity index (χ4v) is 4.38. The minimum atomic E-state index is -0.259. The number of aliphatic hydroxyl groups is 1. The highest BCUT2D eigenvalue weighted by Gasteiger charge is 2.33. The first-order valence-electron chi connectivity index (χ1n) is 9.23. The number of aliphatic hydroxyl groups excluding tert-OH is 1. The fourth-order valence-electron chi connectivity index (χ4n) is 3.68. The molecule has 2 fully saturated rings. The van der Waals surface area contributed by atoms with Crippen molar-refractivity contribution in [2.24, 2.45) is 0 Å². The van der Waals surface area contributed by atoms with E-state index in [1.165, 1.54) is 5.56 Å². The summed E-state index contributed by atoms with van der Waals surface area (Å²) in [5.74, 6) is 1.41. The zero-order chi connectivity index (χ0) is 17.9.